The number of nitrogens with zero attached hydrogens (tertiary/aromatic N) is 2. The highest BCUT2D eigenvalue weighted by molar-refractivity contribution is 6.30. The number of amides is 1. The molecule has 0 saturated heterocycles. The van der Waals surface area contributed by atoms with Crippen molar-refractivity contribution < 1.29 is 9.59 Å². The van der Waals surface area contributed by atoms with E-state index in [9.17, 15) is 9.59 Å². The van der Waals surface area contributed by atoms with Crippen LogP contribution in [-0.4, -0.2) is 21.7 Å². The minimum absolute atomic E-state index is 0.0959. The summed E-state index contributed by atoms with van der Waals surface area (Å²) in [4.78, 5) is 31.7. The predicted molar refractivity (Wildman–Crippen MR) is 101 cm³/mol. The number of Topliss-reactive ketones (excluding diaryl/α,β-unsaturated/α-hetero) is 1. The summed E-state index contributed by atoms with van der Waals surface area (Å²) >= 11 is 5.99. The number of benzene rings is 1. The SMILES string of the molecule is CC(=O)c1ccc(C(=O)Nc2ccc(Cc3cccc(Cl)c3)cn2)nc1. The first kappa shape index (κ1) is 17.8. The van der Waals surface area contributed by atoms with Gasteiger partial charge >= 0.3 is 0 Å². The summed E-state index contributed by atoms with van der Waals surface area (Å²) in [7, 11) is 0. The Morgan fingerprint density at radius 3 is 2.46 bits per heavy atom. The van der Waals surface area contributed by atoms with Gasteiger partial charge < -0.3 is 5.32 Å². The van der Waals surface area contributed by atoms with Gasteiger partial charge in [0, 0.05) is 23.0 Å². The molecular formula is C20H16ClN3O2. The average Bonchev–Trinajstić information content (AvgIpc) is 2.63. The molecule has 0 fully saturated rings. The Bertz CT molecular complexity index is 938. The number of aromatic nitrogens is 2. The standard InChI is InChI=1S/C20H16ClN3O2/c1-13(25)16-6-7-18(22-12-16)20(26)24-19-8-5-15(11-23-19)9-14-3-2-4-17(21)10-14/h2-8,10-12H,9H2,1H3,(H,23,24,26). The molecule has 0 unspecified atom stereocenters. The molecule has 0 spiro atoms. The molecule has 2 aromatic heterocycles. The lowest BCUT2D eigenvalue weighted by Gasteiger charge is -2.06. The molecule has 3 aromatic rings. The van der Waals surface area contributed by atoms with Gasteiger partial charge in [-0.25, -0.2) is 4.98 Å². The van der Waals surface area contributed by atoms with Gasteiger partial charge in [0.2, 0.25) is 0 Å². The molecule has 0 saturated carbocycles. The Labute approximate surface area is 156 Å². The number of hydrogen-bond donors (Lipinski definition) is 1. The molecular weight excluding hydrogens is 350 g/mol. The summed E-state index contributed by atoms with van der Waals surface area (Å²) in [6.45, 7) is 1.45. The van der Waals surface area contributed by atoms with Crippen LogP contribution in [0.15, 0.2) is 60.9 Å². The predicted octanol–water partition coefficient (Wildman–Crippen LogP) is 4.18. The molecule has 5 nitrogen and oxygen atoms in total. The Balaban J connectivity index is 1.65. The summed E-state index contributed by atoms with van der Waals surface area (Å²) in [5.74, 6) is -0.0427. The van der Waals surface area contributed by atoms with Crippen molar-refractivity contribution in [2.24, 2.45) is 0 Å². The summed E-state index contributed by atoms with van der Waals surface area (Å²) < 4.78 is 0. The molecule has 130 valence electrons. The number of ketones is 1. The fourth-order valence-corrected chi connectivity index (χ4v) is 2.62. The molecule has 0 aliphatic heterocycles. The van der Waals surface area contributed by atoms with E-state index in [4.69, 9.17) is 11.6 Å². The average molecular weight is 366 g/mol. The maximum atomic E-state index is 12.2. The number of carbonyl (C=O) groups is 2. The zero-order valence-electron chi connectivity index (χ0n) is 14.1. The maximum absolute atomic E-state index is 12.2. The van der Waals surface area contributed by atoms with Crippen molar-refractivity contribution in [3.05, 3.63) is 88.3 Å². The van der Waals surface area contributed by atoms with E-state index in [2.05, 4.69) is 15.3 Å². The van der Waals surface area contributed by atoms with E-state index in [1.54, 1.807) is 18.3 Å². The highest BCUT2D eigenvalue weighted by atomic mass is 35.5. The van der Waals surface area contributed by atoms with E-state index in [-0.39, 0.29) is 17.4 Å². The molecule has 1 aromatic carbocycles. The second-order valence-corrected chi connectivity index (χ2v) is 6.24. The van der Waals surface area contributed by atoms with Crippen molar-refractivity contribution in [1.82, 2.24) is 9.97 Å². The van der Waals surface area contributed by atoms with Gasteiger partial charge in [-0.2, -0.15) is 0 Å². The van der Waals surface area contributed by atoms with E-state index in [1.165, 1.54) is 19.2 Å². The van der Waals surface area contributed by atoms with Crippen molar-refractivity contribution in [2.45, 2.75) is 13.3 Å². The zero-order chi connectivity index (χ0) is 18.5. The van der Waals surface area contributed by atoms with Gasteiger partial charge in [0.1, 0.15) is 11.5 Å². The molecule has 0 aliphatic carbocycles. The Hall–Kier alpha value is -3.05. The Kier molecular flexibility index (Phi) is 5.39. The summed E-state index contributed by atoms with van der Waals surface area (Å²) in [5, 5.41) is 3.39. The molecule has 26 heavy (non-hydrogen) atoms. The molecule has 6 heteroatoms. The fourth-order valence-electron chi connectivity index (χ4n) is 2.40. The van der Waals surface area contributed by atoms with Gasteiger partial charge in [0.15, 0.2) is 5.78 Å². The number of pyridine rings is 2. The van der Waals surface area contributed by atoms with Crippen molar-refractivity contribution in [3.63, 3.8) is 0 Å². The van der Waals surface area contributed by atoms with Crippen molar-refractivity contribution in [1.29, 1.82) is 0 Å². The first-order chi connectivity index (χ1) is 12.5. The quantitative estimate of drug-likeness (QED) is 0.688. The van der Waals surface area contributed by atoms with Crippen LogP contribution in [-0.2, 0) is 6.42 Å². The summed E-state index contributed by atoms with van der Waals surface area (Å²) in [6, 6.07) is 14.4. The van der Waals surface area contributed by atoms with Crippen molar-refractivity contribution in [3.8, 4) is 0 Å². The van der Waals surface area contributed by atoms with E-state index in [1.807, 2.05) is 30.3 Å². The van der Waals surface area contributed by atoms with Gasteiger partial charge in [0.25, 0.3) is 5.91 Å². The summed E-state index contributed by atoms with van der Waals surface area (Å²) in [6.07, 6.45) is 3.80. The lowest BCUT2D eigenvalue weighted by Crippen LogP contribution is -2.14. The number of hydrogen-bond acceptors (Lipinski definition) is 4. The normalized spacial score (nSPS) is 10.4. The van der Waals surface area contributed by atoms with Crippen LogP contribution in [0.2, 0.25) is 5.02 Å². The summed E-state index contributed by atoms with van der Waals surface area (Å²) in [5.41, 5.74) is 2.78. The van der Waals surface area contributed by atoms with Gasteiger partial charge in [-0.15, -0.1) is 0 Å². The number of nitrogens with one attached hydrogen (secondary N) is 1. The third-order valence-corrected chi connectivity index (χ3v) is 4.00. The Morgan fingerprint density at radius 2 is 1.85 bits per heavy atom. The lowest BCUT2D eigenvalue weighted by molar-refractivity contribution is 0.100. The van der Waals surface area contributed by atoms with Gasteiger partial charge in [-0.05, 0) is 54.8 Å². The van der Waals surface area contributed by atoms with Gasteiger partial charge in [0.05, 0.1) is 0 Å². The van der Waals surface area contributed by atoms with Gasteiger partial charge in [-0.3, -0.25) is 14.6 Å². The van der Waals surface area contributed by atoms with Crippen LogP contribution in [0.5, 0.6) is 0 Å². The smallest absolute Gasteiger partial charge is 0.275 e. The van der Waals surface area contributed by atoms with Crippen LogP contribution in [0.3, 0.4) is 0 Å². The molecule has 0 bridgehead atoms. The maximum Gasteiger partial charge on any atom is 0.275 e. The highest BCUT2D eigenvalue weighted by Gasteiger charge is 2.09. The molecule has 2 heterocycles. The topological polar surface area (TPSA) is 72.0 Å². The second-order valence-electron chi connectivity index (χ2n) is 5.80. The number of rotatable bonds is 5. The van der Waals surface area contributed by atoms with Crippen LogP contribution in [0.4, 0.5) is 5.82 Å². The number of carbonyl (C=O) groups excluding carboxylic acids is 2. The first-order valence-electron chi connectivity index (χ1n) is 7.99. The molecule has 0 aliphatic rings. The van der Waals surface area contributed by atoms with Gasteiger partial charge in [-0.1, -0.05) is 29.8 Å². The lowest BCUT2D eigenvalue weighted by atomic mass is 10.1. The molecule has 3 rings (SSSR count). The Morgan fingerprint density at radius 1 is 1.00 bits per heavy atom. The molecule has 0 radical (unpaired) electrons. The van der Waals surface area contributed by atoms with Crippen molar-refractivity contribution >= 4 is 29.1 Å². The second kappa shape index (κ2) is 7.89. The zero-order valence-corrected chi connectivity index (χ0v) is 14.8. The van der Waals surface area contributed by atoms with E-state index in [0.29, 0.717) is 22.8 Å². The van der Waals surface area contributed by atoms with E-state index >= 15 is 0 Å². The minimum atomic E-state index is -0.379. The monoisotopic (exact) mass is 365 g/mol. The first-order valence-corrected chi connectivity index (χ1v) is 8.37. The number of halogens is 1. The van der Waals surface area contributed by atoms with E-state index < -0.39 is 0 Å². The fraction of sp³-hybridized carbons (Fsp3) is 0.100. The van der Waals surface area contributed by atoms with Crippen LogP contribution >= 0.6 is 11.6 Å². The van der Waals surface area contributed by atoms with Crippen LogP contribution < -0.4 is 5.32 Å². The van der Waals surface area contributed by atoms with Crippen molar-refractivity contribution in [2.75, 3.05) is 5.32 Å². The third kappa shape index (κ3) is 4.52. The number of anilines is 1. The molecule has 0 atom stereocenters. The van der Waals surface area contributed by atoms with Crippen LogP contribution in [0.25, 0.3) is 0 Å². The van der Waals surface area contributed by atoms with Crippen LogP contribution in [0, 0.1) is 0 Å². The molecule has 1 N–H and O–H groups in total. The highest BCUT2D eigenvalue weighted by Crippen LogP contribution is 2.15. The minimum Gasteiger partial charge on any atom is -0.305 e. The largest absolute Gasteiger partial charge is 0.305 e. The third-order valence-electron chi connectivity index (χ3n) is 3.77. The van der Waals surface area contributed by atoms with E-state index in [0.717, 1.165) is 11.1 Å². The van der Waals surface area contributed by atoms with Crippen LogP contribution in [0.1, 0.15) is 38.9 Å². The molecule has 1 amide bonds.